The predicted octanol–water partition coefficient (Wildman–Crippen LogP) is 2.44. The quantitative estimate of drug-likeness (QED) is 0.882. The molecule has 1 aromatic heterocycles. The van der Waals surface area contributed by atoms with Crippen LogP contribution in [0.5, 0.6) is 0 Å². The molecule has 0 aromatic carbocycles. The van der Waals surface area contributed by atoms with Crippen molar-refractivity contribution in [3.63, 3.8) is 0 Å². The summed E-state index contributed by atoms with van der Waals surface area (Å²) in [6.45, 7) is 1.42. The molecule has 0 aliphatic carbocycles. The van der Waals surface area contributed by atoms with Crippen molar-refractivity contribution in [1.82, 2.24) is 10.2 Å². The maximum atomic E-state index is 12.7. The molecular weight excluding hydrogens is 289 g/mol. The topological polar surface area (TPSA) is 65.7 Å². The highest BCUT2D eigenvalue weighted by Gasteiger charge is 2.54. The molecular formula is C13H17F3N2O3. The molecule has 0 bridgehead atoms. The molecule has 1 atom stereocenters. The minimum Gasteiger partial charge on any atom is -0.467 e. The first-order valence-corrected chi connectivity index (χ1v) is 6.61. The highest BCUT2D eigenvalue weighted by molar-refractivity contribution is 5.74. The van der Waals surface area contributed by atoms with Crippen LogP contribution in [0.3, 0.4) is 0 Å². The molecule has 1 aliphatic rings. The van der Waals surface area contributed by atoms with Crippen LogP contribution in [0.1, 0.15) is 31.6 Å². The third-order valence-corrected chi connectivity index (χ3v) is 3.72. The summed E-state index contributed by atoms with van der Waals surface area (Å²) in [5.41, 5.74) is -2.70. The van der Waals surface area contributed by atoms with Crippen LogP contribution in [0.4, 0.5) is 18.0 Å². The second kappa shape index (κ2) is 5.59. The van der Waals surface area contributed by atoms with Gasteiger partial charge in [0, 0.05) is 25.9 Å². The second-order valence-electron chi connectivity index (χ2n) is 5.20. The molecule has 0 radical (unpaired) electrons. The van der Waals surface area contributed by atoms with E-state index in [9.17, 15) is 23.1 Å². The lowest BCUT2D eigenvalue weighted by molar-refractivity contribution is -0.271. The van der Waals surface area contributed by atoms with Crippen LogP contribution in [0.15, 0.2) is 22.8 Å². The van der Waals surface area contributed by atoms with Crippen LogP contribution in [0.2, 0.25) is 0 Å². The van der Waals surface area contributed by atoms with Crippen molar-refractivity contribution >= 4 is 6.03 Å². The van der Waals surface area contributed by atoms with Gasteiger partial charge in [-0.1, -0.05) is 0 Å². The first-order chi connectivity index (χ1) is 9.73. The third kappa shape index (κ3) is 3.31. The van der Waals surface area contributed by atoms with Gasteiger partial charge in [-0.25, -0.2) is 4.79 Å². The lowest BCUT2D eigenvalue weighted by atomic mass is 9.91. The van der Waals surface area contributed by atoms with Crippen LogP contribution >= 0.6 is 0 Å². The van der Waals surface area contributed by atoms with Gasteiger partial charge in [-0.3, -0.25) is 0 Å². The lowest BCUT2D eigenvalue weighted by Gasteiger charge is -2.39. The van der Waals surface area contributed by atoms with Gasteiger partial charge in [0.25, 0.3) is 0 Å². The summed E-state index contributed by atoms with van der Waals surface area (Å²) in [6, 6.07) is 2.53. The van der Waals surface area contributed by atoms with Gasteiger partial charge in [0.05, 0.1) is 12.3 Å². The van der Waals surface area contributed by atoms with Crippen molar-refractivity contribution in [2.24, 2.45) is 0 Å². The van der Waals surface area contributed by atoms with E-state index in [0.717, 1.165) is 0 Å². The maximum Gasteiger partial charge on any atom is 0.417 e. The number of alkyl halides is 3. The molecule has 1 unspecified atom stereocenters. The summed E-state index contributed by atoms with van der Waals surface area (Å²) in [7, 11) is 0. The van der Waals surface area contributed by atoms with E-state index < -0.39 is 30.7 Å². The molecule has 1 fully saturated rings. The summed E-state index contributed by atoms with van der Waals surface area (Å²) in [4.78, 5) is 13.2. The van der Waals surface area contributed by atoms with E-state index >= 15 is 0 Å². The zero-order valence-electron chi connectivity index (χ0n) is 11.5. The molecule has 1 aromatic rings. The number of likely N-dealkylation sites (tertiary alicyclic amines) is 1. The van der Waals surface area contributed by atoms with Gasteiger partial charge >= 0.3 is 12.2 Å². The van der Waals surface area contributed by atoms with E-state index in [4.69, 9.17) is 4.42 Å². The van der Waals surface area contributed by atoms with Gasteiger partial charge in [-0.05, 0) is 19.1 Å². The van der Waals surface area contributed by atoms with Crippen LogP contribution in [0, 0.1) is 0 Å². The van der Waals surface area contributed by atoms with Crippen LogP contribution in [-0.2, 0) is 0 Å². The Balaban J connectivity index is 1.89. The number of carbonyl (C=O) groups is 1. The number of aliphatic hydroxyl groups is 1. The number of amides is 2. The Hall–Kier alpha value is -1.70. The van der Waals surface area contributed by atoms with E-state index in [1.54, 1.807) is 19.1 Å². The fraction of sp³-hybridized carbons (Fsp3) is 0.615. The van der Waals surface area contributed by atoms with E-state index in [1.807, 2.05) is 0 Å². The van der Waals surface area contributed by atoms with Gasteiger partial charge in [0.1, 0.15) is 5.76 Å². The largest absolute Gasteiger partial charge is 0.467 e. The van der Waals surface area contributed by atoms with Crippen molar-refractivity contribution in [1.29, 1.82) is 0 Å². The number of hydrogen-bond donors (Lipinski definition) is 2. The molecule has 1 saturated heterocycles. The van der Waals surface area contributed by atoms with E-state index in [1.165, 1.54) is 11.2 Å². The highest BCUT2D eigenvalue weighted by Crippen LogP contribution is 2.38. The molecule has 5 nitrogen and oxygen atoms in total. The molecule has 0 saturated carbocycles. The SMILES string of the molecule is CC(NC(=O)N1CCC(O)(C(F)(F)F)CC1)c1ccco1. The molecule has 118 valence electrons. The summed E-state index contributed by atoms with van der Waals surface area (Å²) >= 11 is 0. The second-order valence-corrected chi connectivity index (χ2v) is 5.20. The summed E-state index contributed by atoms with van der Waals surface area (Å²) in [5, 5.41) is 12.2. The zero-order chi connectivity index (χ0) is 15.7. The molecule has 2 amide bonds. The van der Waals surface area contributed by atoms with E-state index in [-0.39, 0.29) is 19.1 Å². The number of nitrogens with zero attached hydrogens (tertiary/aromatic N) is 1. The number of nitrogens with one attached hydrogen (secondary N) is 1. The number of urea groups is 1. The van der Waals surface area contributed by atoms with Gasteiger partial charge < -0.3 is 19.7 Å². The number of piperidine rings is 1. The average Bonchev–Trinajstić information content (AvgIpc) is 2.92. The first kappa shape index (κ1) is 15.7. The van der Waals surface area contributed by atoms with Gasteiger partial charge in [-0.2, -0.15) is 13.2 Å². The summed E-state index contributed by atoms with van der Waals surface area (Å²) in [5.74, 6) is 0.562. The van der Waals surface area contributed by atoms with Crippen LogP contribution in [-0.4, -0.2) is 40.9 Å². The Bertz CT molecular complexity index is 479. The molecule has 0 spiro atoms. The number of halogens is 3. The van der Waals surface area contributed by atoms with E-state index in [2.05, 4.69) is 5.32 Å². The van der Waals surface area contributed by atoms with E-state index in [0.29, 0.717) is 5.76 Å². The molecule has 2 heterocycles. The summed E-state index contributed by atoms with van der Waals surface area (Å²) in [6.07, 6.45) is -4.22. The highest BCUT2D eigenvalue weighted by atomic mass is 19.4. The van der Waals surface area contributed by atoms with Crippen molar-refractivity contribution in [3.05, 3.63) is 24.2 Å². The Morgan fingerprint density at radius 3 is 2.57 bits per heavy atom. The lowest BCUT2D eigenvalue weighted by Crippen LogP contribution is -2.55. The Morgan fingerprint density at radius 2 is 2.10 bits per heavy atom. The number of carbonyl (C=O) groups excluding carboxylic acids is 1. The fourth-order valence-corrected chi connectivity index (χ4v) is 2.25. The Kier molecular flexibility index (Phi) is 4.18. The molecule has 2 N–H and O–H groups in total. The average molecular weight is 306 g/mol. The first-order valence-electron chi connectivity index (χ1n) is 6.61. The van der Waals surface area contributed by atoms with Crippen LogP contribution < -0.4 is 5.32 Å². The number of hydrogen-bond acceptors (Lipinski definition) is 3. The van der Waals surface area contributed by atoms with Crippen molar-refractivity contribution < 1.29 is 27.5 Å². The van der Waals surface area contributed by atoms with Crippen molar-refractivity contribution in [2.75, 3.05) is 13.1 Å². The third-order valence-electron chi connectivity index (χ3n) is 3.72. The Morgan fingerprint density at radius 1 is 1.48 bits per heavy atom. The monoisotopic (exact) mass is 306 g/mol. The number of furan rings is 1. The molecule has 1 aliphatic heterocycles. The van der Waals surface area contributed by atoms with Crippen LogP contribution in [0.25, 0.3) is 0 Å². The zero-order valence-corrected chi connectivity index (χ0v) is 11.5. The molecule has 21 heavy (non-hydrogen) atoms. The van der Waals surface area contributed by atoms with Gasteiger partial charge in [-0.15, -0.1) is 0 Å². The predicted molar refractivity (Wildman–Crippen MR) is 67.5 cm³/mol. The number of rotatable bonds is 2. The van der Waals surface area contributed by atoms with Gasteiger partial charge in [0.15, 0.2) is 5.60 Å². The molecule has 8 heteroatoms. The fourth-order valence-electron chi connectivity index (χ4n) is 2.25. The Labute approximate surface area is 119 Å². The smallest absolute Gasteiger partial charge is 0.417 e. The molecule has 2 rings (SSSR count). The van der Waals surface area contributed by atoms with Gasteiger partial charge in [0.2, 0.25) is 0 Å². The normalized spacial score (nSPS) is 20.1. The minimum absolute atomic E-state index is 0.146. The van der Waals surface area contributed by atoms with Crippen molar-refractivity contribution in [2.45, 2.75) is 37.6 Å². The van der Waals surface area contributed by atoms with Crippen molar-refractivity contribution in [3.8, 4) is 0 Å². The maximum absolute atomic E-state index is 12.7. The minimum atomic E-state index is -4.67. The summed E-state index contributed by atoms with van der Waals surface area (Å²) < 4.78 is 43.1. The standard InChI is InChI=1S/C13H17F3N2O3/c1-9(10-3-2-8-21-10)17-11(19)18-6-4-12(20,5-7-18)13(14,15)16/h2-3,8-9,20H,4-7H2,1H3,(H,17,19).